The Labute approximate surface area is 141 Å². The summed E-state index contributed by atoms with van der Waals surface area (Å²) in [5.74, 6) is 0.0149. The first-order valence-electron chi connectivity index (χ1n) is 4.17. The summed E-state index contributed by atoms with van der Waals surface area (Å²) in [5.41, 5.74) is 1.30. The third kappa shape index (κ3) is 3.19. The van der Waals surface area contributed by atoms with Crippen LogP contribution in [0.1, 0.15) is 12.9 Å². The van der Waals surface area contributed by atoms with E-state index in [1.54, 1.807) is 12.1 Å². The quantitative estimate of drug-likeness (QED) is 0.614. The summed E-state index contributed by atoms with van der Waals surface area (Å²) in [5, 5.41) is 6.32. The Bertz CT molecular complexity index is 552. The third-order valence-electron chi connectivity index (χ3n) is 1.89. The van der Waals surface area contributed by atoms with Crippen LogP contribution in [0.25, 0.3) is 5.57 Å². The van der Waals surface area contributed by atoms with Crippen LogP contribution in [0.4, 0.5) is 4.39 Å². The van der Waals surface area contributed by atoms with Gasteiger partial charge >= 0.3 is 51.4 Å². The summed E-state index contributed by atoms with van der Waals surface area (Å²) >= 11 is 4.74. The number of benzene rings is 1. The molecule has 0 radical (unpaired) electrons. The van der Waals surface area contributed by atoms with Gasteiger partial charge < -0.3 is 5.84 Å². The summed E-state index contributed by atoms with van der Waals surface area (Å²) in [6.45, 7) is 3.79. The first-order valence-corrected chi connectivity index (χ1v) is 4.58. The van der Waals surface area contributed by atoms with Crippen LogP contribution in [0.2, 0.25) is 0 Å². The van der Waals surface area contributed by atoms with E-state index in [4.69, 9.17) is 16.6 Å². The maximum atomic E-state index is 12.7. The minimum atomic E-state index is -0.297. The number of halogens is 1. The molecule has 0 aliphatic carbocycles. The molecular weight excluding hydrogens is 254 g/mol. The minimum Gasteiger partial charge on any atom is -1.00 e. The molecule has 78 valence electrons. The predicted octanol–water partition coefficient (Wildman–Crippen LogP) is 0.0493. The van der Waals surface area contributed by atoms with E-state index in [2.05, 4.69) is 16.8 Å². The molecule has 2 aromatic rings. The Kier molecular flexibility index (Phi) is 5.22. The zero-order chi connectivity index (χ0) is 10.8. The molecule has 0 aliphatic rings. The first-order chi connectivity index (χ1) is 7.16. The molecule has 0 bridgehead atoms. The van der Waals surface area contributed by atoms with Crippen LogP contribution in [-0.4, -0.2) is 10.2 Å². The molecule has 0 aliphatic heterocycles. The Hall–Kier alpha value is -0.114. The van der Waals surface area contributed by atoms with Gasteiger partial charge in [0.05, 0.1) is 0 Å². The molecule has 1 aromatic carbocycles. The van der Waals surface area contributed by atoms with Gasteiger partial charge in [0.25, 0.3) is 4.84 Å². The number of aromatic nitrogens is 2. The van der Waals surface area contributed by atoms with Gasteiger partial charge in [0.2, 0.25) is 5.89 Å². The van der Waals surface area contributed by atoms with Crippen molar-refractivity contribution in [2.24, 2.45) is 0 Å². The molecule has 6 heteroatoms. The van der Waals surface area contributed by atoms with Crippen LogP contribution in [-0.2, 0) is 0 Å². The SMILES string of the molecule is C=C(c1ccc(F)cc1)c1n[nH]c(=S)o1.[H-].[K+]. The number of rotatable bonds is 2. The van der Waals surface area contributed by atoms with Gasteiger partial charge in [-0.2, -0.15) is 0 Å². The van der Waals surface area contributed by atoms with E-state index in [0.29, 0.717) is 11.5 Å². The number of H-pyrrole nitrogens is 1. The Balaban J connectivity index is 0.00000128. The summed E-state index contributed by atoms with van der Waals surface area (Å²) in [6.07, 6.45) is 0. The average Bonchev–Trinajstić information content (AvgIpc) is 2.65. The van der Waals surface area contributed by atoms with Gasteiger partial charge in [-0.15, -0.1) is 5.10 Å². The maximum absolute atomic E-state index is 12.7. The second-order valence-corrected chi connectivity index (χ2v) is 3.27. The van der Waals surface area contributed by atoms with Crippen molar-refractivity contribution in [1.82, 2.24) is 10.2 Å². The van der Waals surface area contributed by atoms with E-state index in [1.807, 2.05) is 0 Å². The van der Waals surface area contributed by atoms with Crippen molar-refractivity contribution in [2.75, 3.05) is 0 Å². The fourth-order valence-corrected chi connectivity index (χ4v) is 1.26. The van der Waals surface area contributed by atoms with Crippen LogP contribution in [0.5, 0.6) is 0 Å². The Morgan fingerprint density at radius 3 is 2.56 bits per heavy atom. The zero-order valence-corrected chi connectivity index (χ0v) is 12.6. The maximum Gasteiger partial charge on any atom is 1.00 e. The number of nitrogens with zero attached hydrogens (tertiary/aromatic N) is 1. The molecule has 0 unspecified atom stereocenters. The van der Waals surface area contributed by atoms with E-state index in [1.165, 1.54) is 12.1 Å². The van der Waals surface area contributed by atoms with Gasteiger partial charge in [-0.25, -0.2) is 9.49 Å². The predicted molar refractivity (Wildman–Crippen MR) is 57.3 cm³/mol. The Morgan fingerprint density at radius 1 is 1.44 bits per heavy atom. The summed E-state index contributed by atoms with van der Waals surface area (Å²) in [4.78, 5) is 0.188. The Morgan fingerprint density at radius 2 is 2.06 bits per heavy atom. The number of aromatic amines is 1. The van der Waals surface area contributed by atoms with Crippen molar-refractivity contribution in [2.45, 2.75) is 0 Å². The standard InChI is InChI=1S/C10H7FN2OS.K.H/c1-6(9-12-13-10(15)14-9)7-2-4-8(11)5-3-7;;/h2-5H,1H2,(H,13,15);;/q;+1;-1. The third-order valence-corrected chi connectivity index (χ3v) is 2.06. The molecule has 16 heavy (non-hydrogen) atoms. The summed E-state index contributed by atoms with van der Waals surface area (Å²) in [6, 6.07) is 5.90. The molecule has 0 saturated heterocycles. The molecule has 0 spiro atoms. The van der Waals surface area contributed by atoms with Crippen LogP contribution < -0.4 is 51.4 Å². The smallest absolute Gasteiger partial charge is 1.00 e. The molecule has 3 nitrogen and oxygen atoms in total. The van der Waals surface area contributed by atoms with Gasteiger partial charge in [0.1, 0.15) is 5.82 Å². The molecule has 1 heterocycles. The van der Waals surface area contributed by atoms with Crippen molar-refractivity contribution in [3.63, 3.8) is 0 Å². The van der Waals surface area contributed by atoms with Crippen LogP contribution in [0.3, 0.4) is 0 Å². The first kappa shape index (κ1) is 13.9. The topological polar surface area (TPSA) is 41.8 Å². The van der Waals surface area contributed by atoms with Gasteiger partial charge in [-0.05, 0) is 29.9 Å². The normalized spacial score (nSPS) is 9.56. The van der Waals surface area contributed by atoms with Crippen molar-refractivity contribution >= 4 is 17.8 Å². The second-order valence-electron chi connectivity index (χ2n) is 2.90. The fraction of sp³-hybridized carbons (Fsp3) is 0. The van der Waals surface area contributed by atoms with E-state index >= 15 is 0 Å². The zero-order valence-electron chi connectivity index (χ0n) is 9.66. The van der Waals surface area contributed by atoms with Crippen LogP contribution >= 0.6 is 12.2 Å². The monoisotopic (exact) mass is 262 g/mol. The van der Waals surface area contributed by atoms with Crippen molar-refractivity contribution in [3.8, 4) is 0 Å². The van der Waals surface area contributed by atoms with Crippen molar-refractivity contribution in [3.05, 3.63) is 53.0 Å². The number of nitrogens with one attached hydrogen (secondary N) is 1. The largest absolute Gasteiger partial charge is 1.00 e. The number of hydrogen-bond acceptors (Lipinski definition) is 3. The van der Waals surface area contributed by atoms with Gasteiger partial charge in [-0.1, -0.05) is 18.7 Å². The van der Waals surface area contributed by atoms with Gasteiger partial charge in [0, 0.05) is 5.57 Å². The summed E-state index contributed by atoms with van der Waals surface area (Å²) in [7, 11) is 0. The fourth-order valence-electron chi connectivity index (χ4n) is 1.13. The van der Waals surface area contributed by atoms with Crippen LogP contribution in [0, 0.1) is 10.7 Å². The van der Waals surface area contributed by atoms with Gasteiger partial charge in [0.15, 0.2) is 0 Å². The van der Waals surface area contributed by atoms with Crippen LogP contribution in [0.15, 0.2) is 35.3 Å². The molecule has 1 N–H and O–H groups in total. The number of hydrogen-bond donors (Lipinski definition) is 1. The van der Waals surface area contributed by atoms with E-state index in [0.717, 1.165) is 5.56 Å². The molecular formula is C10H8FKN2OS. The molecule has 0 amide bonds. The van der Waals surface area contributed by atoms with E-state index in [9.17, 15) is 4.39 Å². The van der Waals surface area contributed by atoms with Crippen molar-refractivity contribution in [1.29, 1.82) is 0 Å². The van der Waals surface area contributed by atoms with E-state index in [-0.39, 0.29) is 63.5 Å². The van der Waals surface area contributed by atoms with E-state index < -0.39 is 0 Å². The molecule has 1 aromatic heterocycles. The molecule has 2 rings (SSSR count). The molecule has 0 saturated carbocycles. The van der Waals surface area contributed by atoms with Crippen molar-refractivity contribution < 1.29 is 61.6 Å². The molecule has 0 atom stereocenters. The summed E-state index contributed by atoms with van der Waals surface area (Å²) < 4.78 is 17.7. The molecule has 0 fully saturated rings. The second kappa shape index (κ2) is 5.99. The van der Waals surface area contributed by atoms with Gasteiger partial charge in [-0.3, -0.25) is 0 Å². The average molecular weight is 262 g/mol. The minimum absolute atomic E-state index is 0.